The fourth-order valence-electron chi connectivity index (χ4n) is 1.32. The molecule has 0 radical (unpaired) electrons. The first-order valence-corrected chi connectivity index (χ1v) is 7.26. The van der Waals surface area contributed by atoms with Gasteiger partial charge in [-0.2, -0.15) is 0 Å². The van der Waals surface area contributed by atoms with Crippen LogP contribution in [0.2, 0.25) is 0 Å². The van der Waals surface area contributed by atoms with Crippen molar-refractivity contribution in [2.75, 3.05) is 23.9 Å². The van der Waals surface area contributed by atoms with Crippen LogP contribution in [0.5, 0.6) is 0 Å². The Morgan fingerprint density at radius 3 is 2.67 bits per heavy atom. The number of likely N-dealkylation sites (N-methyl/N-ethyl adjacent to an activating group) is 1. The van der Waals surface area contributed by atoms with E-state index in [1.807, 2.05) is 0 Å². The van der Waals surface area contributed by atoms with Crippen molar-refractivity contribution in [2.24, 2.45) is 0 Å². The van der Waals surface area contributed by atoms with Crippen molar-refractivity contribution in [1.29, 1.82) is 0 Å². The maximum absolute atomic E-state index is 11.7. The van der Waals surface area contributed by atoms with E-state index in [0.29, 0.717) is 11.6 Å². The first-order valence-electron chi connectivity index (χ1n) is 6.10. The monoisotopic (exact) mass is 315 g/mol. The maximum atomic E-state index is 11.7. The van der Waals surface area contributed by atoms with Gasteiger partial charge in [-0.05, 0) is 13.8 Å². The summed E-state index contributed by atoms with van der Waals surface area (Å²) in [6.45, 7) is 3.13. The number of aliphatic carboxylic acids is 1. The van der Waals surface area contributed by atoms with Crippen molar-refractivity contribution in [1.82, 2.24) is 10.1 Å². The Labute approximate surface area is 125 Å². The van der Waals surface area contributed by atoms with Crippen LogP contribution in [0.1, 0.15) is 12.7 Å². The van der Waals surface area contributed by atoms with Crippen LogP contribution in [0.25, 0.3) is 0 Å². The lowest BCUT2D eigenvalue weighted by Crippen LogP contribution is -2.41. The number of rotatable bonds is 7. The highest BCUT2D eigenvalue weighted by Crippen LogP contribution is 2.09. The van der Waals surface area contributed by atoms with Crippen molar-refractivity contribution < 1.29 is 24.0 Å². The van der Waals surface area contributed by atoms with Gasteiger partial charge in [0.05, 0.1) is 11.5 Å². The van der Waals surface area contributed by atoms with E-state index in [1.165, 1.54) is 14.0 Å². The highest BCUT2D eigenvalue weighted by Gasteiger charge is 2.21. The quantitative estimate of drug-likeness (QED) is 0.757. The second kappa shape index (κ2) is 7.67. The van der Waals surface area contributed by atoms with Gasteiger partial charge in [0.1, 0.15) is 11.8 Å². The number of hydrogen-bond acceptors (Lipinski definition) is 6. The van der Waals surface area contributed by atoms with Crippen molar-refractivity contribution >= 4 is 35.4 Å². The van der Waals surface area contributed by atoms with E-state index in [1.54, 1.807) is 13.0 Å². The van der Waals surface area contributed by atoms with Gasteiger partial charge in [0, 0.05) is 13.1 Å². The largest absolute Gasteiger partial charge is 0.480 e. The second-order valence-electron chi connectivity index (χ2n) is 4.38. The molecule has 21 heavy (non-hydrogen) atoms. The summed E-state index contributed by atoms with van der Waals surface area (Å²) in [5.74, 6) is -0.741. The number of nitrogens with one attached hydrogen (secondary N) is 1. The van der Waals surface area contributed by atoms with Crippen LogP contribution in [-0.4, -0.2) is 57.5 Å². The highest BCUT2D eigenvalue weighted by molar-refractivity contribution is 8.00. The summed E-state index contributed by atoms with van der Waals surface area (Å²) in [5, 5.41) is 14.9. The summed E-state index contributed by atoms with van der Waals surface area (Å²) in [6.07, 6.45) is 0. The van der Waals surface area contributed by atoms with E-state index in [4.69, 9.17) is 9.63 Å². The third-order valence-electron chi connectivity index (χ3n) is 2.69. The Bertz CT molecular complexity index is 531. The Hall–Kier alpha value is -2.03. The molecule has 0 aliphatic heterocycles. The summed E-state index contributed by atoms with van der Waals surface area (Å²) in [5.41, 5.74) is 0. The standard InChI is InChI=1S/C12H17N3O5S/c1-7-4-9(14-20-7)13-10(16)5-21-6-11(17)15(3)8(2)12(18)19/h4,8H,5-6H2,1-3H3,(H,18,19)(H,13,14,16). The molecule has 1 atom stereocenters. The number of carboxylic acid groups (broad SMARTS) is 1. The van der Waals surface area contributed by atoms with Crippen molar-refractivity contribution in [2.45, 2.75) is 19.9 Å². The molecular formula is C12H17N3O5S. The van der Waals surface area contributed by atoms with E-state index in [-0.39, 0.29) is 23.3 Å². The predicted octanol–water partition coefficient (Wildman–Crippen LogP) is 0.586. The predicted molar refractivity (Wildman–Crippen MR) is 77.1 cm³/mol. The summed E-state index contributed by atoms with van der Waals surface area (Å²) < 4.78 is 4.80. The second-order valence-corrected chi connectivity index (χ2v) is 5.37. The summed E-state index contributed by atoms with van der Waals surface area (Å²) in [7, 11) is 1.42. The first-order chi connectivity index (χ1) is 9.81. The minimum Gasteiger partial charge on any atom is -0.480 e. The van der Waals surface area contributed by atoms with Crippen LogP contribution in [0.15, 0.2) is 10.6 Å². The van der Waals surface area contributed by atoms with Gasteiger partial charge in [0.2, 0.25) is 11.8 Å². The van der Waals surface area contributed by atoms with Gasteiger partial charge in [-0.25, -0.2) is 4.79 Å². The normalized spacial score (nSPS) is 11.8. The van der Waals surface area contributed by atoms with Gasteiger partial charge in [0.15, 0.2) is 5.82 Å². The molecular weight excluding hydrogens is 298 g/mol. The SMILES string of the molecule is Cc1cc(NC(=O)CSCC(=O)N(C)C(C)C(=O)O)no1. The Morgan fingerprint density at radius 1 is 1.48 bits per heavy atom. The number of carbonyl (C=O) groups is 3. The Kier molecular flexibility index (Phi) is 6.22. The molecule has 8 nitrogen and oxygen atoms in total. The number of hydrogen-bond donors (Lipinski definition) is 2. The lowest BCUT2D eigenvalue weighted by molar-refractivity contribution is -0.147. The van der Waals surface area contributed by atoms with E-state index < -0.39 is 12.0 Å². The molecule has 9 heteroatoms. The van der Waals surface area contributed by atoms with Gasteiger partial charge in [0.25, 0.3) is 0 Å². The third-order valence-corrected chi connectivity index (χ3v) is 3.60. The molecule has 0 aliphatic carbocycles. The summed E-state index contributed by atoms with van der Waals surface area (Å²) in [4.78, 5) is 35.2. The molecule has 1 unspecified atom stereocenters. The van der Waals surface area contributed by atoms with Crippen LogP contribution in [0.3, 0.4) is 0 Å². The number of aromatic nitrogens is 1. The van der Waals surface area contributed by atoms with Crippen LogP contribution >= 0.6 is 11.8 Å². The van der Waals surface area contributed by atoms with E-state index >= 15 is 0 Å². The molecule has 0 bridgehead atoms. The fourth-order valence-corrected chi connectivity index (χ4v) is 2.06. The molecule has 0 saturated heterocycles. The third kappa shape index (κ3) is 5.46. The van der Waals surface area contributed by atoms with Gasteiger partial charge < -0.3 is 19.8 Å². The van der Waals surface area contributed by atoms with Crippen molar-refractivity contribution in [3.05, 3.63) is 11.8 Å². The smallest absolute Gasteiger partial charge is 0.326 e. The first kappa shape index (κ1) is 17.0. The zero-order chi connectivity index (χ0) is 16.0. The number of amides is 2. The minimum atomic E-state index is -1.07. The molecule has 1 rings (SSSR count). The number of carboxylic acids is 1. The topological polar surface area (TPSA) is 113 Å². The van der Waals surface area contributed by atoms with E-state index in [2.05, 4.69) is 10.5 Å². The highest BCUT2D eigenvalue weighted by atomic mass is 32.2. The van der Waals surface area contributed by atoms with E-state index in [0.717, 1.165) is 16.7 Å². The number of carbonyl (C=O) groups excluding carboxylic acids is 2. The molecule has 0 aliphatic rings. The molecule has 0 saturated carbocycles. The van der Waals surface area contributed by atoms with Crippen LogP contribution in [0.4, 0.5) is 5.82 Å². The fraction of sp³-hybridized carbons (Fsp3) is 0.500. The molecule has 1 aromatic rings. The lowest BCUT2D eigenvalue weighted by Gasteiger charge is -2.21. The van der Waals surface area contributed by atoms with Crippen LogP contribution in [-0.2, 0) is 14.4 Å². The maximum Gasteiger partial charge on any atom is 0.326 e. The molecule has 1 aromatic heterocycles. The van der Waals surface area contributed by atoms with Gasteiger partial charge in [-0.1, -0.05) is 5.16 Å². The molecule has 0 fully saturated rings. The minimum absolute atomic E-state index is 0.0272. The van der Waals surface area contributed by atoms with Crippen LogP contribution < -0.4 is 5.32 Å². The van der Waals surface area contributed by atoms with Crippen LogP contribution in [0, 0.1) is 6.92 Å². The molecule has 2 N–H and O–H groups in total. The van der Waals surface area contributed by atoms with Gasteiger partial charge in [-0.3, -0.25) is 9.59 Å². The number of thioether (sulfide) groups is 1. The van der Waals surface area contributed by atoms with Gasteiger partial charge in [-0.15, -0.1) is 11.8 Å². The average Bonchev–Trinajstić information content (AvgIpc) is 2.81. The number of aryl methyl sites for hydroxylation is 1. The number of anilines is 1. The Balaban J connectivity index is 2.31. The summed E-state index contributed by atoms with van der Waals surface area (Å²) >= 11 is 1.10. The molecule has 1 heterocycles. The van der Waals surface area contributed by atoms with Crippen molar-refractivity contribution in [3.63, 3.8) is 0 Å². The zero-order valence-corrected chi connectivity index (χ0v) is 12.8. The summed E-state index contributed by atoms with van der Waals surface area (Å²) in [6, 6.07) is 0.681. The van der Waals surface area contributed by atoms with E-state index in [9.17, 15) is 14.4 Å². The lowest BCUT2D eigenvalue weighted by atomic mass is 10.3. The number of nitrogens with zero attached hydrogens (tertiary/aromatic N) is 2. The molecule has 2 amide bonds. The van der Waals surface area contributed by atoms with Gasteiger partial charge >= 0.3 is 5.97 Å². The molecule has 0 spiro atoms. The molecule has 116 valence electrons. The Morgan fingerprint density at radius 2 is 2.14 bits per heavy atom. The average molecular weight is 315 g/mol. The molecule has 0 aromatic carbocycles. The zero-order valence-electron chi connectivity index (χ0n) is 12.0. The van der Waals surface area contributed by atoms with Crippen molar-refractivity contribution in [3.8, 4) is 0 Å².